The second kappa shape index (κ2) is 9.73. The Morgan fingerprint density at radius 3 is 2.55 bits per heavy atom. The number of thioether (sulfide) groups is 1. The van der Waals surface area contributed by atoms with Crippen LogP contribution in [0.5, 0.6) is 0 Å². The van der Waals surface area contributed by atoms with Gasteiger partial charge in [-0.2, -0.15) is 0 Å². The average molecular weight is 445 g/mol. The molecular formula is C25H20N2O2S2. The van der Waals surface area contributed by atoms with E-state index >= 15 is 0 Å². The molecule has 0 saturated carbocycles. The first-order valence-corrected chi connectivity index (χ1v) is 11.1. The molecule has 31 heavy (non-hydrogen) atoms. The number of allylic oxidation sites excluding steroid dienone is 2. The maximum atomic E-state index is 12.7. The van der Waals surface area contributed by atoms with E-state index in [4.69, 9.17) is 12.2 Å². The van der Waals surface area contributed by atoms with Crippen molar-refractivity contribution in [3.8, 4) is 0 Å². The topological polar surface area (TPSA) is 49.4 Å². The molecular weight excluding hydrogens is 424 g/mol. The fourth-order valence-corrected chi connectivity index (χ4v) is 4.48. The number of nitrogens with one attached hydrogen (secondary N) is 1. The summed E-state index contributed by atoms with van der Waals surface area (Å²) in [5.74, 6) is -0.316. The highest BCUT2D eigenvalue weighted by atomic mass is 32.2. The van der Waals surface area contributed by atoms with Gasteiger partial charge in [0.1, 0.15) is 4.32 Å². The summed E-state index contributed by atoms with van der Waals surface area (Å²) in [4.78, 5) is 27.1. The third-order valence-electron chi connectivity index (χ3n) is 4.81. The summed E-state index contributed by atoms with van der Waals surface area (Å²) >= 11 is 6.60. The molecule has 3 aromatic rings. The Morgan fingerprint density at radius 1 is 1.00 bits per heavy atom. The largest absolute Gasteiger partial charge is 0.326 e. The third kappa shape index (κ3) is 5.29. The van der Waals surface area contributed by atoms with Crippen molar-refractivity contribution in [1.82, 2.24) is 4.90 Å². The second-order valence-corrected chi connectivity index (χ2v) is 8.66. The van der Waals surface area contributed by atoms with Crippen LogP contribution in [0.1, 0.15) is 12.0 Å². The lowest BCUT2D eigenvalue weighted by Crippen LogP contribution is -2.31. The monoisotopic (exact) mass is 444 g/mol. The summed E-state index contributed by atoms with van der Waals surface area (Å²) in [6.45, 7) is 0.254. The lowest BCUT2D eigenvalue weighted by Gasteiger charge is -2.14. The van der Waals surface area contributed by atoms with E-state index in [0.717, 1.165) is 22.0 Å². The zero-order chi connectivity index (χ0) is 21.6. The van der Waals surface area contributed by atoms with Crippen molar-refractivity contribution < 1.29 is 9.59 Å². The van der Waals surface area contributed by atoms with Crippen LogP contribution < -0.4 is 5.32 Å². The van der Waals surface area contributed by atoms with Crippen LogP contribution in [0.3, 0.4) is 0 Å². The molecule has 0 aliphatic carbocycles. The van der Waals surface area contributed by atoms with Gasteiger partial charge in [-0.1, -0.05) is 96.8 Å². The molecule has 0 bridgehead atoms. The van der Waals surface area contributed by atoms with E-state index in [-0.39, 0.29) is 24.8 Å². The zero-order valence-corrected chi connectivity index (χ0v) is 18.3. The van der Waals surface area contributed by atoms with Gasteiger partial charge in [0.2, 0.25) is 5.91 Å². The fraction of sp³-hybridized carbons (Fsp3) is 0.0800. The Morgan fingerprint density at radius 2 is 1.74 bits per heavy atom. The van der Waals surface area contributed by atoms with Crippen molar-refractivity contribution in [2.45, 2.75) is 6.42 Å². The highest BCUT2D eigenvalue weighted by Gasteiger charge is 2.31. The van der Waals surface area contributed by atoms with Gasteiger partial charge in [-0.15, -0.1) is 0 Å². The van der Waals surface area contributed by atoms with Gasteiger partial charge >= 0.3 is 0 Å². The molecule has 1 N–H and O–H groups in total. The Labute approximate surface area is 190 Å². The van der Waals surface area contributed by atoms with Gasteiger partial charge in [0, 0.05) is 18.7 Å². The fourth-order valence-electron chi connectivity index (χ4n) is 3.22. The van der Waals surface area contributed by atoms with Gasteiger partial charge in [-0.05, 0) is 34.5 Å². The number of anilines is 1. The van der Waals surface area contributed by atoms with Crippen molar-refractivity contribution in [1.29, 1.82) is 0 Å². The van der Waals surface area contributed by atoms with E-state index in [9.17, 15) is 9.59 Å². The Kier molecular flexibility index (Phi) is 6.60. The van der Waals surface area contributed by atoms with Crippen molar-refractivity contribution >= 4 is 62.7 Å². The maximum Gasteiger partial charge on any atom is 0.266 e. The van der Waals surface area contributed by atoms with Crippen molar-refractivity contribution in [2.24, 2.45) is 0 Å². The third-order valence-corrected chi connectivity index (χ3v) is 6.20. The molecule has 4 rings (SSSR count). The van der Waals surface area contributed by atoms with Gasteiger partial charge < -0.3 is 5.32 Å². The predicted octanol–water partition coefficient (Wildman–Crippen LogP) is 5.63. The van der Waals surface area contributed by atoms with E-state index in [0.29, 0.717) is 9.23 Å². The van der Waals surface area contributed by atoms with Gasteiger partial charge in [-0.3, -0.25) is 14.5 Å². The second-order valence-electron chi connectivity index (χ2n) is 6.99. The highest BCUT2D eigenvalue weighted by molar-refractivity contribution is 8.26. The summed E-state index contributed by atoms with van der Waals surface area (Å²) in [5.41, 5.74) is 1.79. The lowest BCUT2D eigenvalue weighted by molar-refractivity contribution is -0.122. The van der Waals surface area contributed by atoms with Crippen LogP contribution >= 0.6 is 24.0 Å². The Hall–Kier alpha value is -3.22. The molecule has 1 aliphatic heterocycles. The number of nitrogens with zero attached hydrogens (tertiary/aromatic N) is 1. The number of carbonyl (C=O) groups is 2. The van der Waals surface area contributed by atoms with Crippen LogP contribution in [0.25, 0.3) is 16.8 Å². The number of hydrogen-bond acceptors (Lipinski definition) is 4. The Balaban J connectivity index is 1.33. The molecule has 0 unspecified atom stereocenters. The number of fused-ring (bicyclic) bond motifs is 1. The molecule has 154 valence electrons. The standard InChI is InChI=1S/C25H20N2O2S2/c28-23(26-21-14-13-19-10-4-5-11-20(19)17-21)15-16-27-24(29)22(31-25(27)30)12-6-9-18-7-2-1-3-8-18/h1-14,17H,15-16H2,(H,26,28). The number of carbonyl (C=O) groups excluding carboxylic acids is 2. The zero-order valence-electron chi connectivity index (χ0n) is 16.7. The number of hydrogen-bond donors (Lipinski definition) is 1. The number of amides is 2. The number of thiocarbonyl (C=S) groups is 1. The molecule has 4 nitrogen and oxygen atoms in total. The van der Waals surface area contributed by atoms with Crippen LogP contribution in [-0.4, -0.2) is 27.6 Å². The molecule has 2 amide bonds. The van der Waals surface area contributed by atoms with E-state index in [1.165, 1.54) is 16.7 Å². The van der Waals surface area contributed by atoms with Crippen LogP contribution in [0.2, 0.25) is 0 Å². The molecule has 0 atom stereocenters. The molecule has 6 heteroatoms. The summed E-state index contributed by atoms with van der Waals surface area (Å²) in [6, 6.07) is 23.6. The summed E-state index contributed by atoms with van der Waals surface area (Å²) in [7, 11) is 0. The van der Waals surface area contributed by atoms with Gasteiger partial charge in [0.25, 0.3) is 5.91 Å². The van der Waals surface area contributed by atoms with Crippen molar-refractivity contribution in [2.75, 3.05) is 11.9 Å². The van der Waals surface area contributed by atoms with E-state index in [2.05, 4.69) is 5.32 Å². The smallest absolute Gasteiger partial charge is 0.266 e. The van der Waals surface area contributed by atoms with Crippen LogP contribution in [0, 0.1) is 0 Å². The normalized spacial score (nSPS) is 15.4. The molecule has 1 fully saturated rings. The average Bonchev–Trinajstić information content (AvgIpc) is 3.05. The van der Waals surface area contributed by atoms with Gasteiger partial charge in [0.15, 0.2) is 0 Å². The SMILES string of the molecule is O=C(CCN1C(=O)C(=CC=Cc2ccccc2)SC1=S)Nc1ccc2ccccc2c1. The number of rotatable bonds is 6. The molecule has 0 aromatic heterocycles. The highest BCUT2D eigenvalue weighted by Crippen LogP contribution is 2.31. The molecule has 3 aromatic carbocycles. The van der Waals surface area contributed by atoms with Crippen molar-refractivity contribution in [3.05, 3.63) is 95.4 Å². The first-order valence-electron chi connectivity index (χ1n) is 9.86. The predicted molar refractivity (Wildman–Crippen MR) is 133 cm³/mol. The van der Waals surface area contributed by atoms with Crippen molar-refractivity contribution in [3.63, 3.8) is 0 Å². The molecule has 0 radical (unpaired) electrons. The summed E-state index contributed by atoms with van der Waals surface area (Å²) in [5, 5.41) is 5.08. The minimum absolute atomic E-state index is 0.155. The quantitative estimate of drug-likeness (QED) is 0.396. The van der Waals surface area contributed by atoms with Crippen LogP contribution in [0.15, 0.2) is 89.9 Å². The molecule has 1 saturated heterocycles. The van der Waals surface area contributed by atoms with Crippen LogP contribution in [-0.2, 0) is 9.59 Å². The minimum Gasteiger partial charge on any atom is -0.326 e. The molecule has 0 spiro atoms. The minimum atomic E-state index is -0.161. The molecule has 1 aliphatic rings. The van der Waals surface area contributed by atoms with E-state index < -0.39 is 0 Å². The first-order chi connectivity index (χ1) is 15.1. The summed E-state index contributed by atoms with van der Waals surface area (Å²) in [6.07, 6.45) is 5.71. The Bertz CT molecular complexity index is 1200. The van der Waals surface area contributed by atoms with Gasteiger partial charge in [-0.25, -0.2) is 0 Å². The molecule has 1 heterocycles. The maximum absolute atomic E-state index is 12.7. The van der Waals surface area contributed by atoms with Crippen LogP contribution in [0.4, 0.5) is 5.69 Å². The van der Waals surface area contributed by atoms with E-state index in [1.807, 2.05) is 84.9 Å². The van der Waals surface area contributed by atoms with Gasteiger partial charge in [0.05, 0.1) is 4.91 Å². The summed E-state index contributed by atoms with van der Waals surface area (Å²) < 4.78 is 0.475. The number of benzene rings is 3. The van der Waals surface area contributed by atoms with E-state index in [1.54, 1.807) is 6.08 Å². The lowest BCUT2D eigenvalue weighted by atomic mass is 10.1. The first kappa shape index (κ1) is 21.0.